The van der Waals surface area contributed by atoms with Crippen molar-refractivity contribution >= 4 is 28.3 Å². The molecule has 1 amide bonds. The molecular formula is C22H20F3N5O2. The van der Waals surface area contributed by atoms with Crippen molar-refractivity contribution in [3.05, 3.63) is 60.0 Å². The average molecular weight is 443 g/mol. The minimum absolute atomic E-state index is 0.0924. The highest BCUT2D eigenvalue weighted by Crippen LogP contribution is 2.42. The van der Waals surface area contributed by atoms with E-state index in [2.05, 4.69) is 14.9 Å². The van der Waals surface area contributed by atoms with Crippen molar-refractivity contribution in [2.24, 2.45) is 4.99 Å². The zero-order chi connectivity index (χ0) is 22.5. The minimum Gasteiger partial charge on any atom is -0.362 e. The number of alkyl halides is 3. The number of hydrogen-bond donors (Lipinski definition) is 2. The maximum atomic E-state index is 13.4. The number of pyridine rings is 1. The predicted octanol–water partition coefficient (Wildman–Crippen LogP) is 3.26. The van der Waals surface area contributed by atoms with Crippen molar-refractivity contribution in [2.75, 3.05) is 18.0 Å². The fraction of sp³-hybridized carbons (Fsp3) is 0.318. The molecule has 0 spiro atoms. The first-order chi connectivity index (χ1) is 15.4. The summed E-state index contributed by atoms with van der Waals surface area (Å²) in [5.41, 5.74) is 1.84. The highest BCUT2D eigenvalue weighted by atomic mass is 19.4. The number of allylic oxidation sites excluding steroid dienone is 1. The summed E-state index contributed by atoms with van der Waals surface area (Å²) in [5.74, 6) is 0.196. The van der Waals surface area contributed by atoms with E-state index in [0.29, 0.717) is 42.5 Å². The van der Waals surface area contributed by atoms with Crippen molar-refractivity contribution < 1.29 is 23.2 Å². The molecule has 3 aliphatic rings. The number of aromatic nitrogens is 1. The van der Waals surface area contributed by atoms with Gasteiger partial charge in [0.15, 0.2) is 0 Å². The number of nitrogens with one attached hydrogen (secondary N) is 1. The van der Waals surface area contributed by atoms with E-state index in [1.54, 1.807) is 35.8 Å². The zero-order valence-electron chi connectivity index (χ0n) is 16.9. The molecule has 2 N–H and O–H groups in total. The second-order valence-electron chi connectivity index (χ2n) is 7.99. The maximum absolute atomic E-state index is 13.4. The zero-order valence-corrected chi connectivity index (χ0v) is 16.9. The summed E-state index contributed by atoms with van der Waals surface area (Å²) in [6.07, 6.45) is 1.76. The Balaban J connectivity index is 1.38. The number of para-hydroxylation sites is 1. The number of nitrogens with zero attached hydrogens (tertiary/aromatic N) is 4. The molecule has 0 bridgehead atoms. The average Bonchev–Trinajstić information content (AvgIpc) is 2.74. The number of aliphatic imine (C=N–C) groups is 1. The molecular weight excluding hydrogens is 423 g/mol. The van der Waals surface area contributed by atoms with Crippen LogP contribution in [0.2, 0.25) is 0 Å². The number of hydroxylamine groups is 1. The van der Waals surface area contributed by atoms with E-state index < -0.39 is 17.8 Å². The lowest BCUT2D eigenvalue weighted by atomic mass is 9.83. The fourth-order valence-corrected chi connectivity index (χ4v) is 4.46. The topological polar surface area (TPSA) is 81.1 Å². The van der Waals surface area contributed by atoms with Gasteiger partial charge in [-0.05, 0) is 18.6 Å². The van der Waals surface area contributed by atoms with Crippen LogP contribution in [-0.4, -0.2) is 52.0 Å². The summed E-state index contributed by atoms with van der Waals surface area (Å²) in [5, 5.41) is 9.54. The number of benzene rings is 1. The number of likely N-dealkylation sites (tertiary alicyclic amines) is 1. The molecule has 4 heterocycles. The third-order valence-electron chi connectivity index (χ3n) is 6.19. The van der Waals surface area contributed by atoms with Gasteiger partial charge in [0.25, 0.3) is 5.91 Å². The summed E-state index contributed by atoms with van der Waals surface area (Å²) in [4.78, 5) is 24.1. The molecule has 2 fully saturated rings. The normalized spacial score (nSPS) is 25.4. The van der Waals surface area contributed by atoms with Gasteiger partial charge in [-0.1, -0.05) is 30.4 Å². The van der Waals surface area contributed by atoms with Gasteiger partial charge in [-0.3, -0.25) is 10.0 Å². The molecule has 10 heteroatoms. The molecule has 1 aromatic heterocycles. The Bertz CT molecular complexity index is 1170. The summed E-state index contributed by atoms with van der Waals surface area (Å²) in [7, 11) is 0. The van der Waals surface area contributed by atoms with Crippen LogP contribution in [0.5, 0.6) is 0 Å². The second-order valence-corrected chi connectivity index (χ2v) is 7.99. The Labute approximate surface area is 181 Å². The lowest BCUT2D eigenvalue weighted by Crippen LogP contribution is -2.80. The Morgan fingerprint density at radius 1 is 1.16 bits per heavy atom. The van der Waals surface area contributed by atoms with Gasteiger partial charge in [0.1, 0.15) is 11.5 Å². The van der Waals surface area contributed by atoms with E-state index in [1.165, 1.54) is 6.20 Å². The van der Waals surface area contributed by atoms with Crippen LogP contribution in [0.4, 0.5) is 18.9 Å². The highest BCUT2D eigenvalue weighted by Gasteiger charge is 2.53. The van der Waals surface area contributed by atoms with Crippen molar-refractivity contribution in [3.63, 3.8) is 0 Å². The number of amides is 1. The second kappa shape index (κ2) is 7.63. The highest BCUT2D eigenvalue weighted by molar-refractivity contribution is 5.96. The number of carbonyl (C=O) groups is 1. The Morgan fingerprint density at radius 2 is 1.91 bits per heavy atom. The number of amidine groups is 1. The van der Waals surface area contributed by atoms with Gasteiger partial charge in [-0.2, -0.15) is 13.2 Å². The van der Waals surface area contributed by atoms with Crippen LogP contribution in [-0.2, 0) is 11.0 Å². The van der Waals surface area contributed by atoms with Gasteiger partial charge in [-0.15, -0.1) is 0 Å². The smallest absolute Gasteiger partial charge is 0.362 e. The first-order valence-electron chi connectivity index (χ1n) is 10.2. The van der Waals surface area contributed by atoms with Gasteiger partial charge >= 0.3 is 6.18 Å². The molecule has 1 aromatic carbocycles. The fourth-order valence-electron chi connectivity index (χ4n) is 4.46. The molecule has 0 saturated carbocycles. The summed E-state index contributed by atoms with van der Waals surface area (Å²) < 4.78 is 40.2. The summed E-state index contributed by atoms with van der Waals surface area (Å²) in [6, 6.07) is 8.27. The molecule has 2 saturated heterocycles. The summed E-state index contributed by atoms with van der Waals surface area (Å²) in [6.45, 7) is 1.22. The van der Waals surface area contributed by atoms with Crippen molar-refractivity contribution in [1.82, 2.24) is 15.4 Å². The summed E-state index contributed by atoms with van der Waals surface area (Å²) >= 11 is 0. The molecule has 0 aliphatic carbocycles. The number of rotatable bonds is 2. The molecule has 0 radical (unpaired) electrons. The van der Waals surface area contributed by atoms with Crippen LogP contribution in [0.1, 0.15) is 18.5 Å². The number of anilines is 1. The van der Waals surface area contributed by atoms with Crippen molar-refractivity contribution in [2.45, 2.75) is 31.1 Å². The van der Waals surface area contributed by atoms with Gasteiger partial charge in [0, 0.05) is 36.8 Å². The first-order valence-corrected chi connectivity index (χ1v) is 10.2. The maximum Gasteiger partial charge on any atom is 0.433 e. The van der Waals surface area contributed by atoms with Crippen LogP contribution in [0.3, 0.4) is 0 Å². The van der Waals surface area contributed by atoms with Gasteiger partial charge in [0.2, 0.25) is 0 Å². The van der Waals surface area contributed by atoms with E-state index in [9.17, 15) is 18.0 Å². The van der Waals surface area contributed by atoms with E-state index in [4.69, 9.17) is 5.21 Å². The van der Waals surface area contributed by atoms with E-state index >= 15 is 0 Å². The standard InChI is InChI=1S/C22H20F3N5O2/c23-22(24,25)19-9-16(14-6-2-3-7-15(14)27-19)29-11-18-17(29)12-30(18)20-8-4-1-5-13(10-26-20)21(31)28-32/h1-3,5-7,9-10,17-18,32H,4,8,11-12H2,(H,28,31)/b5-1-,13-10+,26-20?. The Hall–Kier alpha value is -3.40. The monoisotopic (exact) mass is 443 g/mol. The SMILES string of the molecule is O=C(NO)C1=C/N=C(N2CC3C2CN3c2cc(C(F)(F)F)nc3ccccc23)CC/C=C\1. The number of fused-ring (bicyclic) bond motifs is 2. The lowest BCUT2D eigenvalue weighted by molar-refractivity contribution is -0.141. The van der Waals surface area contributed by atoms with E-state index in [1.807, 2.05) is 11.0 Å². The van der Waals surface area contributed by atoms with E-state index in [-0.39, 0.29) is 17.7 Å². The first kappa shape index (κ1) is 20.5. The van der Waals surface area contributed by atoms with Crippen LogP contribution >= 0.6 is 0 Å². The molecule has 32 heavy (non-hydrogen) atoms. The van der Waals surface area contributed by atoms with Crippen LogP contribution in [0, 0.1) is 0 Å². The largest absolute Gasteiger partial charge is 0.433 e. The van der Waals surface area contributed by atoms with Gasteiger partial charge < -0.3 is 9.80 Å². The molecule has 166 valence electrons. The Morgan fingerprint density at radius 3 is 2.62 bits per heavy atom. The minimum atomic E-state index is -4.51. The Kier molecular flexibility index (Phi) is 4.89. The third kappa shape index (κ3) is 3.40. The van der Waals surface area contributed by atoms with Crippen molar-refractivity contribution in [1.29, 1.82) is 0 Å². The quantitative estimate of drug-likeness (QED) is 0.550. The molecule has 7 nitrogen and oxygen atoms in total. The molecule has 5 rings (SSSR count). The van der Waals surface area contributed by atoms with Crippen LogP contribution in [0.15, 0.2) is 59.2 Å². The van der Waals surface area contributed by atoms with Crippen LogP contribution in [0.25, 0.3) is 10.9 Å². The third-order valence-corrected chi connectivity index (χ3v) is 6.19. The lowest BCUT2D eigenvalue weighted by Gasteiger charge is -2.63. The predicted molar refractivity (Wildman–Crippen MR) is 112 cm³/mol. The number of halogens is 3. The van der Waals surface area contributed by atoms with Gasteiger partial charge in [0.05, 0.1) is 23.2 Å². The number of piperazine rings is 1. The van der Waals surface area contributed by atoms with Gasteiger partial charge in [-0.25, -0.2) is 15.5 Å². The van der Waals surface area contributed by atoms with Crippen LogP contribution < -0.4 is 10.4 Å². The molecule has 2 aromatic rings. The number of hydrogen-bond acceptors (Lipinski definition) is 6. The van der Waals surface area contributed by atoms with E-state index in [0.717, 1.165) is 11.9 Å². The molecule has 3 aliphatic heterocycles. The number of carbonyl (C=O) groups excluding carboxylic acids is 1. The van der Waals surface area contributed by atoms with Crippen molar-refractivity contribution in [3.8, 4) is 0 Å². The molecule has 2 atom stereocenters. The molecule has 2 unspecified atom stereocenters.